The van der Waals surface area contributed by atoms with E-state index < -0.39 is 34.8 Å². The number of benzene rings is 2. The molecule has 2 rings (SSSR count). The summed E-state index contributed by atoms with van der Waals surface area (Å²) >= 11 is 0. The molecule has 25 heavy (non-hydrogen) atoms. The SMILES string of the molecule is CC(C)(C(=O)NCC(C(=O)O)c1ccc(F)cc1)c1cccc(F)c1. The molecule has 0 saturated carbocycles. The van der Waals surface area contributed by atoms with Gasteiger partial charge in [-0.05, 0) is 49.2 Å². The molecule has 132 valence electrons. The van der Waals surface area contributed by atoms with Crippen LogP contribution in [-0.2, 0) is 15.0 Å². The number of nitrogens with one attached hydrogen (secondary N) is 1. The normalized spacial score (nSPS) is 12.5. The van der Waals surface area contributed by atoms with Gasteiger partial charge in [0, 0.05) is 6.54 Å². The van der Waals surface area contributed by atoms with Gasteiger partial charge in [0.1, 0.15) is 11.6 Å². The van der Waals surface area contributed by atoms with Gasteiger partial charge in [-0.25, -0.2) is 8.78 Å². The fraction of sp³-hybridized carbons (Fsp3) is 0.263. The Balaban J connectivity index is 2.13. The molecular formula is C19H19F2NO3. The molecule has 0 aromatic heterocycles. The van der Waals surface area contributed by atoms with Gasteiger partial charge in [-0.15, -0.1) is 0 Å². The number of hydrogen-bond donors (Lipinski definition) is 2. The van der Waals surface area contributed by atoms with Crippen molar-refractivity contribution in [1.29, 1.82) is 0 Å². The number of carboxylic acid groups (broad SMARTS) is 1. The van der Waals surface area contributed by atoms with Crippen molar-refractivity contribution >= 4 is 11.9 Å². The Kier molecular flexibility index (Phi) is 5.51. The molecule has 0 aliphatic rings. The first-order valence-corrected chi connectivity index (χ1v) is 7.74. The van der Waals surface area contributed by atoms with E-state index in [1.807, 2.05) is 0 Å². The molecule has 0 aliphatic heterocycles. The molecule has 1 atom stereocenters. The van der Waals surface area contributed by atoms with E-state index in [2.05, 4.69) is 5.32 Å². The molecule has 1 unspecified atom stereocenters. The lowest BCUT2D eigenvalue weighted by Gasteiger charge is -2.25. The fourth-order valence-electron chi connectivity index (χ4n) is 2.47. The molecule has 1 amide bonds. The van der Waals surface area contributed by atoms with E-state index in [0.29, 0.717) is 11.1 Å². The number of rotatable bonds is 6. The van der Waals surface area contributed by atoms with Crippen LogP contribution < -0.4 is 5.32 Å². The van der Waals surface area contributed by atoms with Gasteiger partial charge in [-0.3, -0.25) is 9.59 Å². The van der Waals surface area contributed by atoms with Gasteiger partial charge >= 0.3 is 5.97 Å². The molecule has 0 fully saturated rings. The molecule has 4 nitrogen and oxygen atoms in total. The van der Waals surface area contributed by atoms with Gasteiger partial charge in [-0.2, -0.15) is 0 Å². The topological polar surface area (TPSA) is 66.4 Å². The Hall–Kier alpha value is -2.76. The first-order valence-electron chi connectivity index (χ1n) is 7.74. The second-order valence-electron chi connectivity index (χ2n) is 6.29. The van der Waals surface area contributed by atoms with Crippen molar-refractivity contribution in [2.45, 2.75) is 25.2 Å². The minimum atomic E-state index is -1.13. The van der Waals surface area contributed by atoms with Crippen LogP contribution in [0.25, 0.3) is 0 Å². The number of aliphatic carboxylic acids is 1. The molecule has 2 aromatic rings. The molecule has 0 saturated heterocycles. The monoisotopic (exact) mass is 347 g/mol. The molecule has 0 radical (unpaired) electrons. The van der Waals surface area contributed by atoms with Crippen molar-refractivity contribution in [3.63, 3.8) is 0 Å². The summed E-state index contributed by atoms with van der Waals surface area (Å²) in [5.74, 6) is -3.48. The summed E-state index contributed by atoms with van der Waals surface area (Å²) in [4.78, 5) is 24.0. The molecular weight excluding hydrogens is 328 g/mol. The highest BCUT2D eigenvalue weighted by Gasteiger charge is 2.31. The van der Waals surface area contributed by atoms with E-state index in [0.717, 1.165) is 0 Å². The summed E-state index contributed by atoms with van der Waals surface area (Å²) < 4.78 is 26.4. The minimum Gasteiger partial charge on any atom is -0.481 e. The summed E-state index contributed by atoms with van der Waals surface area (Å²) in [7, 11) is 0. The van der Waals surface area contributed by atoms with Crippen molar-refractivity contribution < 1.29 is 23.5 Å². The molecule has 6 heteroatoms. The Morgan fingerprint density at radius 2 is 1.72 bits per heavy atom. The summed E-state index contributed by atoms with van der Waals surface area (Å²) in [5.41, 5.74) is -0.162. The van der Waals surface area contributed by atoms with Crippen LogP contribution in [-0.4, -0.2) is 23.5 Å². The van der Waals surface area contributed by atoms with Gasteiger partial charge < -0.3 is 10.4 Å². The Morgan fingerprint density at radius 3 is 2.28 bits per heavy atom. The van der Waals surface area contributed by atoms with Crippen molar-refractivity contribution in [3.8, 4) is 0 Å². The lowest BCUT2D eigenvalue weighted by molar-refractivity contribution is -0.138. The number of carbonyl (C=O) groups is 2. The molecule has 2 aromatic carbocycles. The average Bonchev–Trinajstić information content (AvgIpc) is 2.56. The smallest absolute Gasteiger partial charge is 0.312 e. The van der Waals surface area contributed by atoms with Gasteiger partial charge in [0.25, 0.3) is 0 Å². The van der Waals surface area contributed by atoms with Gasteiger partial charge in [0.05, 0.1) is 11.3 Å². The zero-order valence-corrected chi connectivity index (χ0v) is 13.9. The summed E-state index contributed by atoms with van der Waals surface area (Å²) in [6.07, 6.45) is 0. The Bertz CT molecular complexity index is 772. The first-order chi connectivity index (χ1) is 11.7. The van der Waals surface area contributed by atoms with Crippen LogP contribution in [0.2, 0.25) is 0 Å². The van der Waals surface area contributed by atoms with Crippen LogP contribution in [0.15, 0.2) is 48.5 Å². The lowest BCUT2D eigenvalue weighted by atomic mass is 9.83. The zero-order chi connectivity index (χ0) is 18.6. The summed E-state index contributed by atoms with van der Waals surface area (Å²) in [6.45, 7) is 3.11. The maximum absolute atomic E-state index is 13.4. The van der Waals surface area contributed by atoms with E-state index in [-0.39, 0.29) is 6.54 Å². The average molecular weight is 347 g/mol. The fourth-order valence-corrected chi connectivity index (χ4v) is 2.47. The number of halogens is 2. The third-order valence-corrected chi connectivity index (χ3v) is 4.15. The van der Waals surface area contributed by atoms with E-state index in [4.69, 9.17) is 0 Å². The molecule has 0 heterocycles. The number of hydrogen-bond acceptors (Lipinski definition) is 2. The predicted molar refractivity (Wildman–Crippen MR) is 89.2 cm³/mol. The van der Waals surface area contributed by atoms with Gasteiger partial charge in [-0.1, -0.05) is 24.3 Å². The molecule has 2 N–H and O–H groups in total. The second kappa shape index (κ2) is 7.42. The highest BCUT2D eigenvalue weighted by Crippen LogP contribution is 2.24. The maximum Gasteiger partial charge on any atom is 0.312 e. The van der Waals surface area contributed by atoms with E-state index in [1.165, 1.54) is 42.5 Å². The van der Waals surface area contributed by atoms with E-state index in [1.54, 1.807) is 19.9 Å². The first kappa shape index (κ1) is 18.6. The standard InChI is InChI=1S/C19H19F2NO3/c1-19(2,13-4-3-5-15(21)10-13)18(25)22-11-16(17(23)24)12-6-8-14(20)9-7-12/h3-10,16H,11H2,1-2H3,(H,22,25)(H,23,24). The molecule has 0 aliphatic carbocycles. The number of carbonyl (C=O) groups excluding carboxylic acids is 1. The van der Waals surface area contributed by atoms with Crippen molar-refractivity contribution in [2.24, 2.45) is 0 Å². The zero-order valence-electron chi connectivity index (χ0n) is 13.9. The quantitative estimate of drug-likeness (QED) is 0.843. The highest BCUT2D eigenvalue weighted by atomic mass is 19.1. The van der Waals surface area contributed by atoms with E-state index in [9.17, 15) is 23.5 Å². The third kappa shape index (κ3) is 4.41. The van der Waals surface area contributed by atoms with Crippen LogP contribution in [0.1, 0.15) is 30.9 Å². The Labute approximate surface area is 144 Å². The van der Waals surface area contributed by atoms with Crippen LogP contribution in [0.4, 0.5) is 8.78 Å². The highest BCUT2D eigenvalue weighted by molar-refractivity contribution is 5.88. The second-order valence-corrected chi connectivity index (χ2v) is 6.29. The van der Waals surface area contributed by atoms with Crippen LogP contribution in [0.5, 0.6) is 0 Å². The van der Waals surface area contributed by atoms with Crippen LogP contribution in [0, 0.1) is 11.6 Å². The van der Waals surface area contributed by atoms with Crippen molar-refractivity contribution in [2.75, 3.05) is 6.54 Å². The molecule has 0 bridgehead atoms. The van der Waals surface area contributed by atoms with Crippen molar-refractivity contribution in [3.05, 3.63) is 71.3 Å². The van der Waals surface area contributed by atoms with Crippen molar-refractivity contribution in [1.82, 2.24) is 5.32 Å². The minimum absolute atomic E-state index is 0.154. The predicted octanol–water partition coefficient (Wildman–Crippen LogP) is 3.23. The summed E-state index contributed by atoms with van der Waals surface area (Å²) in [6, 6.07) is 10.8. The number of carboxylic acids is 1. The lowest BCUT2D eigenvalue weighted by Crippen LogP contribution is -2.42. The van der Waals surface area contributed by atoms with Gasteiger partial charge in [0.15, 0.2) is 0 Å². The van der Waals surface area contributed by atoms with Crippen LogP contribution >= 0.6 is 0 Å². The number of amides is 1. The van der Waals surface area contributed by atoms with Crippen LogP contribution in [0.3, 0.4) is 0 Å². The third-order valence-electron chi connectivity index (χ3n) is 4.15. The van der Waals surface area contributed by atoms with Gasteiger partial charge in [0.2, 0.25) is 5.91 Å². The maximum atomic E-state index is 13.4. The van der Waals surface area contributed by atoms with E-state index >= 15 is 0 Å². The Morgan fingerprint density at radius 1 is 1.08 bits per heavy atom. The summed E-state index contributed by atoms with van der Waals surface area (Å²) in [5, 5.41) is 12.0. The molecule has 0 spiro atoms. The largest absolute Gasteiger partial charge is 0.481 e.